The smallest absolute Gasteiger partial charge is 0.266 e. The number of thiophene rings is 1. The van der Waals surface area contributed by atoms with Crippen molar-refractivity contribution < 1.29 is 14.3 Å². The fourth-order valence-electron chi connectivity index (χ4n) is 3.65. The van der Waals surface area contributed by atoms with Crippen molar-refractivity contribution in [3.8, 4) is 22.1 Å². The number of likely N-dealkylation sites (tertiary alicyclic amines) is 1. The van der Waals surface area contributed by atoms with Crippen molar-refractivity contribution in [2.24, 2.45) is 0 Å². The zero-order chi connectivity index (χ0) is 19.7. The van der Waals surface area contributed by atoms with Crippen LogP contribution in [0.4, 0.5) is 0 Å². The molecule has 3 heterocycles. The van der Waals surface area contributed by atoms with Crippen LogP contribution in [0.5, 0.6) is 11.5 Å². The molecule has 0 bridgehead atoms. The topological polar surface area (TPSA) is 51.7 Å². The minimum atomic E-state index is 0.0402. The fraction of sp³-hybridized carbons (Fsp3) is 0.333. The van der Waals surface area contributed by atoms with E-state index in [0.717, 1.165) is 46.1 Å². The molecule has 7 heteroatoms. The van der Waals surface area contributed by atoms with Crippen molar-refractivity contribution in [3.05, 3.63) is 51.2 Å². The Bertz CT molecular complexity index is 982. The molecule has 1 saturated heterocycles. The molecule has 1 aliphatic heterocycles. The lowest BCUT2D eigenvalue weighted by Crippen LogP contribution is -2.30. The van der Waals surface area contributed by atoms with Gasteiger partial charge < -0.3 is 14.4 Å². The van der Waals surface area contributed by atoms with Gasteiger partial charge in [0.15, 0.2) is 11.5 Å². The number of hydrogen-bond acceptors (Lipinski definition) is 6. The number of rotatable bonds is 5. The molecule has 0 N–H and O–H groups in total. The molecule has 28 heavy (non-hydrogen) atoms. The lowest BCUT2D eigenvalue weighted by molar-refractivity contribution is 0.0739. The van der Waals surface area contributed by atoms with Crippen molar-refractivity contribution in [2.45, 2.75) is 25.8 Å². The van der Waals surface area contributed by atoms with Crippen LogP contribution in [0.25, 0.3) is 10.6 Å². The van der Waals surface area contributed by atoms with Crippen LogP contribution in [-0.2, 0) is 0 Å². The van der Waals surface area contributed by atoms with E-state index >= 15 is 0 Å². The van der Waals surface area contributed by atoms with Gasteiger partial charge in [-0.25, -0.2) is 4.98 Å². The van der Waals surface area contributed by atoms with Crippen LogP contribution < -0.4 is 9.47 Å². The minimum Gasteiger partial charge on any atom is -0.493 e. The molecule has 1 amide bonds. The number of nitrogens with zero attached hydrogens (tertiary/aromatic N) is 2. The summed E-state index contributed by atoms with van der Waals surface area (Å²) in [6, 6.07) is 7.99. The van der Waals surface area contributed by atoms with Gasteiger partial charge in [-0.05, 0) is 48.9 Å². The summed E-state index contributed by atoms with van der Waals surface area (Å²) in [5.41, 5.74) is 2.95. The quantitative estimate of drug-likeness (QED) is 0.578. The van der Waals surface area contributed by atoms with Gasteiger partial charge in [-0.2, -0.15) is 11.3 Å². The molecule has 1 unspecified atom stereocenters. The van der Waals surface area contributed by atoms with E-state index < -0.39 is 0 Å². The molecule has 1 atom stereocenters. The van der Waals surface area contributed by atoms with Gasteiger partial charge >= 0.3 is 0 Å². The third-order valence-corrected chi connectivity index (χ3v) is 6.94. The minimum absolute atomic E-state index is 0.0402. The Morgan fingerprint density at radius 3 is 2.75 bits per heavy atom. The predicted octanol–water partition coefficient (Wildman–Crippen LogP) is 5.17. The van der Waals surface area contributed by atoms with Crippen LogP contribution in [0.15, 0.2) is 35.0 Å². The SMILES string of the molecule is COc1ccc(C2CCCN2C(=O)c2sc(-c3ccsc3)nc2C)cc1OC. The highest BCUT2D eigenvalue weighted by molar-refractivity contribution is 7.17. The predicted molar refractivity (Wildman–Crippen MR) is 113 cm³/mol. The van der Waals surface area contributed by atoms with E-state index in [4.69, 9.17) is 9.47 Å². The molecule has 0 spiro atoms. The monoisotopic (exact) mass is 414 g/mol. The highest BCUT2D eigenvalue weighted by Crippen LogP contribution is 2.39. The fourth-order valence-corrected chi connectivity index (χ4v) is 5.39. The number of aromatic nitrogens is 1. The average molecular weight is 415 g/mol. The van der Waals surface area contributed by atoms with E-state index in [2.05, 4.69) is 10.4 Å². The number of hydrogen-bond donors (Lipinski definition) is 0. The number of methoxy groups -OCH3 is 2. The van der Waals surface area contributed by atoms with E-state index in [1.165, 1.54) is 11.3 Å². The summed E-state index contributed by atoms with van der Waals surface area (Å²) in [6.45, 7) is 2.67. The number of benzene rings is 1. The lowest BCUT2D eigenvalue weighted by atomic mass is 10.0. The molecule has 5 nitrogen and oxygen atoms in total. The van der Waals surface area contributed by atoms with Gasteiger partial charge in [-0.1, -0.05) is 6.07 Å². The summed E-state index contributed by atoms with van der Waals surface area (Å²) in [4.78, 5) is 20.7. The maximum Gasteiger partial charge on any atom is 0.266 e. The zero-order valence-corrected chi connectivity index (χ0v) is 17.7. The van der Waals surface area contributed by atoms with Crippen LogP contribution >= 0.6 is 22.7 Å². The third kappa shape index (κ3) is 3.40. The largest absolute Gasteiger partial charge is 0.493 e. The Kier molecular flexibility index (Phi) is 5.37. The summed E-state index contributed by atoms with van der Waals surface area (Å²) >= 11 is 3.12. The number of aryl methyl sites for hydroxylation is 1. The normalized spacial score (nSPS) is 16.4. The Labute approximate surface area is 172 Å². The number of ether oxygens (including phenoxy) is 2. The van der Waals surface area contributed by atoms with Crippen molar-refractivity contribution in [3.63, 3.8) is 0 Å². The molecule has 146 valence electrons. The number of carbonyl (C=O) groups is 1. The molecule has 4 rings (SSSR count). The van der Waals surface area contributed by atoms with Gasteiger partial charge in [-0.15, -0.1) is 11.3 Å². The maximum atomic E-state index is 13.4. The van der Waals surface area contributed by atoms with Gasteiger partial charge in [0, 0.05) is 17.5 Å². The molecule has 0 radical (unpaired) electrons. The van der Waals surface area contributed by atoms with Gasteiger partial charge in [0.1, 0.15) is 9.88 Å². The van der Waals surface area contributed by atoms with E-state index in [1.807, 2.05) is 41.5 Å². The second kappa shape index (κ2) is 7.93. The molecule has 0 aliphatic carbocycles. The Hall–Kier alpha value is -2.38. The molecule has 3 aromatic rings. The number of thiazole rings is 1. The molecule has 1 aromatic carbocycles. The molecule has 1 aliphatic rings. The van der Waals surface area contributed by atoms with Crippen LogP contribution in [0.3, 0.4) is 0 Å². The maximum absolute atomic E-state index is 13.4. The summed E-state index contributed by atoms with van der Waals surface area (Å²) < 4.78 is 10.8. The Morgan fingerprint density at radius 2 is 2.04 bits per heavy atom. The number of carbonyl (C=O) groups excluding carboxylic acids is 1. The highest BCUT2D eigenvalue weighted by Gasteiger charge is 2.33. The molecule has 1 fully saturated rings. The third-order valence-electron chi connectivity index (χ3n) is 5.06. The van der Waals surface area contributed by atoms with Gasteiger partial charge in [-0.3, -0.25) is 4.79 Å². The first-order valence-electron chi connectivity index (χ1n) is 9.15. The molecular formula is C21H22N2O3S2. The van der Waals surface area contributed by atoms with E-state index in [-0.39, 0.29) is 11.9 Å². The van der Waals surface area contributed by atoms with Crippen LogP contribution in [0.2, 0.25) is 0 Å². The Balaban J connectivity index is 1.63. The van der Waals surface area contributed by atoms with Gasteiger partial charge in [0.25, 0.3) is 5.91 Å². The van der Waals surface area contributed by atoms with Crippen molar-refractivity contribution in [1.29, 1.82) is 0 Å². The highest BCUT2D eigenvalue weighted by atomic mass is 32.1. The van der Waals surface area contributed by atoms with E-state index in [1.54, 1.807) is 25.6 Å². The van der Waals surface area contributed by atoms with E-state index in [0.29, 0.717) is 11.5 Å². The van der Waals surface area contributed by atoms with Gasteiger partial charge in [0.2, 0.25) is 0 Å². The van der Waals surface area contributed by atoms with Crippen molar-refractivity contribution >= 4 is 28.6 Å². The second-order valence-corrected chi connectivity index (χ2v) is 8.50. The molecule has 2 aromatic heterocycles. The van der Waals surface area contributed by atoms with Crippen molar-refractivity contribution in [2.75, 3.05) is 20.8 Å². The van der Waals surface area contributed by atoms with Crippen molar-refractivity contribution in [1.82, 2.24) is 9.88 Å². The molecular weight excluding hydrogens is 392 g/mol. The summed E-state index contributed by atoms with van der Waals surface area (Å²) in [5, 5.41) is 5.00. The second-order valence-electron chi connectivity index (χ2n) is 6.72. The van der Waals surface area contributed by atoms with E-state index in [9.17, 15) is 4.79 Å². The summed E-state index contributed by atoms with van der Waals surface area (Å²) in [7, 11) is 3.26. The Morgan fingerprint density at radius 1 is 1.21 bits per heavy atom. The average Bonchev–Trinajstić information content (AvgIpc) is 3.46. The zero-order valence-electron chi connectivity index (χ0n) is 16.1. The first-order chi connectivity index (χ1) is 13.6. The summed E-state index contributed by atoms with van der Waals surface area (Å²) in [5.74, 6) is 1.45. The van der Waals surface area contributed by atoms with Crippen LogP contribution in [-0.4, -0.2) is 36.6 Å². The summed E-state index contributed by atoms with van der Waals surface area (Å²) in [6.07, 6.45) is 1.93. The number of amides is 1. The standard InChI is InChI=1S/C21H22N2O3S2/c1-13-19(28-20(22-13)15-8-10-27-12-15)21(24)23-9-4-5-16(23)14-6-7-17(25-2)18(11-14)26-3/h6-8,10-12,16H,4-5,9H2,1-3H3. The molecule has 0 saturated carbocycles. The van der Waals surface area contributed by atoms with Gasteiger partial charge in [0.05, 0.1) is 26.0 Å². The first kappa shape index (κ1) is 19.0. The van der Waals surface area contributed by atoms with Crippen LogP contribution in [0, 0.1) is 6.92 Å². The lowest BCUT2D eigenvalue weighted by Gasteiger charge is -2.25. The first-order valence-corrected chi connectivity index (χ1v) is 10.9. The van der Waals surface area contributed by atoms with Crippen LogP contribution in [0.1, 0.15) is 39.8 Å².